The van der Waals surface area contributed by atoms with Crippen LogP contribution in [0.4, 0.5) is 4.39 Å². The number of nitrogens with one attached hydrogen (secondary N) is 1. The van der Waals surface area contributed by atoms with Gasteiger partial charge in [0.1, 0.15) is 17.2 Å². The number of thiophene rings is 1. The lowest BCUT2D eigenvalue weighted by atomic mass is 9.79. The molecule has 0 unspecified atom stereocenters. The van der Waals surface area contributed by atoms with E-state index in [2.05, 4.69) is 15.2 Å². The SMILES string of the molecule is O=C(Cn1cnc2scc(-c3ccc(F)cc3)c2c1=O)NCC1(N2CCOCC2)CCCCC1. The molecule has 1 aliphatic heterocycles. The van der Waals surface area contributed by atoms with E-state index in [1.165, 1.54) is 40.8 Å². The first-order valence-electron chi connectivity index (χ1n) is 11.9. The monoisotopic (exact) mass is 484 g/mol. The molecule has 0 radical (unpaired) electrons. The van der Waals surface area contributed by atoms with E-state index >= 15 is 0 Å². The average Bonchev–Trinajstić information content (AvgIpc) is 3.31. The number of hydrogen-bond donors (Lipinski definition) is 1. The minimum Gasteiger partial charge on any atom is -0.379 e. The van der Waals surface area contributed by atoms with Crippen LogP contribution in [-0.2, 0) is 16.1 Å². The van der Waals surface area contributed by atoms with Crippen molar-refractivity contribution < 1.29 is 13.9 Å². The molecule has 1 aromatic carbocycles. The zero-order valence-electron chi connectivity index (χ0n) is 19.1. The maximum Gasteiger partial charge on any atom is 0.263 e. The molecule has 180 valence electrons. The Balaban J connectivity index is 1.33. The minimum absolute atomic E-state index is 0.0338. The zero-order chi connectivity index (χ0) is 23.5. The van der Waals surface area contributed by atoms with Crippen molar-refractivity contribution in [3.8, 4) is 11.1 Å². The van der Waals surface area contributed by atoms with Gasteiger partial charge < -0.3 is 10.1 Å². The summed E-state index contributed by atoms with van der Waals surface area (Å²) in [7, 11) is 0. The third kappa shape index (κ3) is 4.64. The Kier molecular flexibility index (Phi) is 6.76. The number of hydrogen-bond acceptors (Lipinski definition) is 6. The van der Waals surface area contributed by atoms with Gasteiger partial charge in [0.15, 0.2) is 0 Å². The van der Waals surface area contributed by atoms with E-state index < -0.39 is 0 Å². The number of carbonyl (C=O) groups is 1. The van der Waals surface area contributed by atoms with Crippen molar-refractivity contribution >= 4 is 27.5 Å². The summed E-state index contributed by atoms with van der Waals surface area (Å²) in [6.07, 6.45) is 7.13. The maximum absolute atomic E-state index is 13.4. The smallest absolute Gasteiger partial charge is 0.263 e. The number of aromatic nitrogens is 2. The summed E-state index contributed by atoms with van der Waals surface area (Å²) in [6.45, 7) is 3.73. The van der Waals surface area contributed by atoms with Gasteiger partial charge in [-0.15, -0.1) is 11.3 Å². The number of morpholine rings is 1. The van der Waals surface area contributed by atoms with Crippen molar-refractivity contribution in [3.63, 3.8) is 0 Å². The van der Waals surface area contributed by atoms with Crippen LogP contribution in [-0.4, -0.2) is 58.7 Å². The molecule has 9 heteroatoms. The van der Waals surface area contributed by atoms with Crippen LogP contribution >= 0.6 is 11.3 Å². The highest BCUT2D eigenvalue weighted by Gasteiger charge is 2.38. The normalized spacial score (nSPS) is 18.7. The first-order valence-corrected chi connectivity index (χ1v) is 12.8. The summed E-state index contributed by atoms with van der Waals surface area (Å²) >= 11 is 1.36. The van der Waals surface area contributed by atoms with E-state index in [-0.39, 0.29) is 29.4 Å². The summed E-state index contributed by atoms with van der Waals surface area (Å²) < 4.78 is 20.3. The topological polar surface area (TPSA) is 76.5 Å². The van der Waals surface area contributed by atoms with E-state index in [0.29, 0.717) is 22.3 Å². The molecule has 7 nitrogen and oxygen atoms in total. The van der Waals surface area contributed by atoms with E-state index in [1.54, 1.807) is 12.1 Å². The van der Waals surface area contributed by atoms with E-state index in [9.17, 15) is 14.0 Å². The van der Waals surface area contributed by atoms with Gasteiger partial charge in [0, 0.05) is 36.1 Å². The predicted molar refractivity (Wildman–Crippen MR) is 130 cm³/mol. The second kappa shape index (κ2) is 9.93. The molecule has 0 spiro atoms. The van der Waals surface area contributed by atoms with Crippen molar-refractivity contribution in [2.45, 2.75) is 44.2 Å². The van der Waals surface area contributed by atoms with Gasteiger partial charge in [-0.05, 0) is 30.5 Å². The van der Waals surface area contributed by atoms with Crippen LogP contribution in [0.2, 0.25) is 0 Å². The highest BCUT2D eigenvalue weighted by atomic mass is 32.1. The Hall–Kier alpha value is -2.62. The zero-order valence-corrected chi connectivity index (χ0v) is 19.9. The van der Waals surface area contributed by atoms with Crippen LogP contribution in [0.15, 0.2) is 40.8 Å². The van der Waals surface area contributed by atoms with Gasteiger partial charge in [-0.2, -0.15) is 0 Å². The number of benzene rings is 1. The molecule has 0 atom stereocenters. The minimum atomic E-state index is -0.330. The molecule has 1 aliphatic carbocycles. The molecule has 5 rings (SSSR count). The van der Waals surface area contributed by atoms with Gasteiger partial charge in [-0.25, -0.2) is 9.37 Å². The Morgan fingerprint density at radius 2 is 1.88 bits per heavy atom. The molecule has 2 aromatic heterocycles. The Labute approximate surface area is 201 Å². The lowest BCUT2D eigenvalue weighted by Gasteiger charge is -2.48. The number of rotatable bonds is 6. The fraction of sp³-hybridized carbons (Fsp3) is 0.480. The summed E-state index contributed by atoms with van der Waals surface area (Å²) in [5.41, 5.74) is 1.16. The van der Waals surface area contributed by atoms with Crippen molar-refractivity contribution in [2.75, 3.05) is 32.8 Å². The Morgan fingerprint density at radius 3 is 2.62 bits per heavy atom. The summed E-state index contributed by atoms with van der Waals surface area (Å²) in [5, 5.41) is 5.43. The molecule has 3 heterocycles. The van der Waals surface area contributed by atoms with Crippen molar-refractivity contribution in [3.05, 3.63) is 52.1 Å². The fourth-order valence-corrected chi connectivity index (χ4v) is 6.15. The van der Waals surface area contributed by atoms with Crippen molar-refractivity contribution in [1.82, 2.24) is 19.8 Å². The van der Waals surface area contributed by atoms with Crippen molar-refractivity contribution in [2.24, 2.45) is 0 Å². The van der Waals surface area contributed by atoms with E-state index in [0.717, 1.165) is 57.6 Å². The molecule has 2 fully saturated rings. The van der Waals surface area contributed by atoms with Crippen LogP contribution in [0.1, 0.15) is 32.1 Å². The number of nitrogens with zero attached hydrogens (tertiary/aromatic N) is 3. The lowest BCUT2D eigenvalue weighted by Crippen LogP contribution is -2.59. The third-order valence-corrected chi connectivity index (χ3v) is 8.00. The maximum atomic E-state index is 13.4. The molecule has 34 heavy (non-hydrogen) atoms. The Bertz CT molecular complexity index is 1210. The largest absolute Gasteiger partial charge is 0.379 e. The third-order valence-electron chi connectivity index (χ3n) is 7.11. The molecule has 3 aromatic rings. The second-order valence-electron chi connectivity index (χ2n) is 9.18. The van der Waals surface area contributed by atoms with Crippen molar-refractivity contribution in [1.29, 1.82) is 0 Å². The molecule has 1 amide bonds. The van der Waals surface area contributed by atoms with Gasteiger partial charge in [0.2, 0.25) is 5.91 Å². The Morgan fingerprint density at radius 1 is 1.15 bits per heavy atom. The standard InChI is InChI=1S/C25H29FN4O3S/c26-19-6-4-18(5-7-19)20-15-34-23-22(20)24(32)29(17-28-23)14-21(31)27-16-25(8-2-1-3-9-25)30-10-12-33-13-11-30/h4-7,15,17H,1-3,8-14,16H2,(H,27,31). The highest BCUT2D eigenvalue weighted by Crippen LogP contribution is 2.34. The molecule has 1 N–H and O–H groups in total. The van der Waals surface area contributed by atoms with Crippen LogP contribution in [0.25, 0.3) is 21.3 Å². The van der Waals surface area contributed by atoms with Gasteiger partial charge in [0.05, 0.1) is 24.9 Å². The van der Waals surface area contributed by atoms with Gasteiger partial charge in [-0.3, -0.25) is 19.1 Å². The van der Waals surface area contributed by atoms with Gasteiger partial charge in [0.25, 0.3) is 5.56 Å². The summed E-state index contributed by atoms with van der Waals surface area (Å²) in [6, 6.07) is 6.04. The first kappa shape index (κ1) is 23.1. The van der Waals surface area contributed by atoms with Crippen LogP contribution in [0.3, 0.4) is 0 Å². The average molecular weight is 485 g/mol. The van der Waals surface area contributed by atoms with E-state index in [1.807, 2.05) is 5.38 Å². The molecular formula is C25H29FN4O3S. The van der Waals surface area contributed by atoms with Gasteiger partial charge in [-0.1, -0.05) is 31.4 Å². The molecular weight excluding hydrogens is 455 g/mol. The number of halogens is 1. The van der Waals surface area contributed by atoms with Crippen LogP contribution < -0.4 is 10.9 Å². The summed E-state index contributed by atoms with van der Waals surface area (Å²) in [5.74, 6) is -0.525. The van der Waals surface area contributed by atoms with Crippen LogP contribution in [0.5, 0.6) is 0 Å². The number of fused-ring (bicyclic) bond motifs is 1. The number of amides is 1. The van der Waals surface area contributed by atoms with Crippen LogP contribution in [0, 0.1) is 5.82 Å². The lowest BCUT2D eigenvalue weighted by molar-refractivity contribution is -0.123. The highest BCUT2D eigenvalue weighted by molar-refractivity contribution is 7.17. The predicted octanol–water partition coefficient (Wildman–Crippen LogP) is 3.42. The molecule has 1 saturated heterocycles. The quantitative estimate of drug-likeness (QED) is 0.580. The molecule has 2 aliphatic rings. The molecule has 0 bridgehead atoms. The molecule has 1 saturated carbocycles. The second-order valence-corrected chi connectivity index (χ2v) is 10.0. The van der Waals surface area contributed by atoms with E-state index in [4.69, 9.17) is 4.74 Å². The summed E-state index contributed by atoms with van der Waals surface area (Å²) in [4.78, 5) is 33.7. The first-order chi connectivity index (χ1) is 16.6. The van der Waals surface area contributed by atoms with Gasteiger partial charge >= 0.3 is 0 Å². The fourth-order valence-electron chi connectivity index (χ4n) is 5.25. The number of carbonyl (C=O) groups excluding carboxylic acids is 1. The number of ether oxygens (including phenoxy) is 1.